The largest absolute Gasteiger partial charge is 0.497 e. The molecule has 1 aromatic carbocycles. The zero-order chi connectivity index (χ0) is 14.3. The van der Waals surface area contributed by atoms with Gasteiger partial charge in [-0.25, -0.2) is 0 Å². The van der Waals surface area contributed by atoms with Crippen molar-refractivity contribution in [2.75, 3.05) is 13.7 Å². The minimum Gasteiger partial charge on any atom is -0.497 e. The highest BCUT2D eigenvalue weighted by Crippen LogP contribution is 2.26. The summed E-state index contributed by atoms with van der Waals surface area (Å²) in [5, 5.41) is 0. The van der Waals surface area contributed by atoms with Gasteiger partial charge in [-0.2, -0.15) is 0 Å². The van der Waals surface area contributed by atoms with Crippen LogP contribution in [0.15, 0.2) is 29.8 Å². The number of hydrogen-bond donors (Lipinski definition) is 1. The molecule has 1 unspecified atom stereocenters. The highest BCUT2D eigenvalue weighted by Gasteiger charge is 2.04. The van der Waals surface area contributed by atoms with Crippen LogP contribution in [0, 0.1) is 0 Å². The van der Waals surface area contributed by atoms with E-state index < -0.39 is 8.25 Å². The third kappa shape index (κ3) is 6.43. The molecule has 0 spiro atoms. The molecule has 0 aliphatic carbocycles. The van der Waals surface area contributed by atoms with E-state index in [9.17, 15) is 4.57 Å². The van der Waals surface area contributed by atoms with Crippen molar-refractivity contribution in [1.82, 2.24) is 0 Å². The van der Waals surface area contributed by atoms with Gasteiger partial charge in [0, 0.05) is 6.07 Å². The van der Waals surface area contributed by atoms with Gasteiger partial charge in [-0.1, -0.05) is 5.57 Å². The van der Waals surface area contributed by atoms with Crippen LogP contribution in [0.4, 0.5) is 0 Å². The molecule has 0 aliphatic heterocycles. The first-order valence-corrected chi connectivity index (χ1v) is 7.07. The molecule has 0 bridgehead atoms. The lowest BCUT2D eigenvalue weighted by Crippen LogP contribution is -1.97. The summed E-state index contributed by atoms with van der Waals surface area (Å²) in [6.45, 7) is 4.50. The second kappa shape index (κ2) is 8.00. The maximum absolute atomic E-state index is 10.6. The van der Waals surface area contributed by atoms with Gasteiger partial charge in [-0.05, 0) is 37.6 Å². The maximum atomic E-state index is 10.6. The normalized spacial score (nSPS) is 11.8. The SMILES string of the molecule is COc1cc(CO[PH](=O)O)cc(OCC=C(C)C)c1. The third-order valence-electron chi connectivity index (χ3n) is 2.28. The molecule has 0 radical (unpaired) electrons. The molecule has 0 amide bonds. The van der Waals surface area contributed by atoms with Crippen molar-refractivity contribution >= 4 is 8.25 Å². The molecule has 106 valence electrons. The molecule has 1 aromatic rings. The second-order valence-corrected chi connectivity index (χ2v) is 4.98. The number of rotatable bonds is 7. The van der Waals surface area contributed by atoms with E-state index in [0.717, 1.165) is 5.56 Å². The van der Waals surface area contributed by atoms with Crippen LogP contribution in [0.1, 0.15) is 19.4 Å². The summed E-state index contributed by atoms with van der Waals surface area (Å²) in [5.41, 5.74) is 1.89. The number of ether oxygens (including phenoxy) is 2. The smallest absolute Gasteiger partial charge is 0.316 e. The van der Waals surface area contributed by atoms with E-state index in [1.807, 2.05) is 19.9 Å². The molecule has 0 saturated heterocycles. The Morgan fingerprint density at radius 2 is 2.00 bits per heavy atom. The summed E-state index contributed by atoms with van der Waals surface area (Å²) in [7, 11) is -1.38. The predicted molar refractivity (Wildman–Crippen MR) is 73.9 cm³/mol. The highest BCUT2D eigenvalue weighted by molar-refractivity contribution is 7.32. The molecular formula is C13H19O5P. The fourth-order valence-corrected chi connectivity index (χ4v) is 1.65. The van der Waals surface area contributed by atoms with E-state index in [-0.39, 0.29) is 6.61 Å². The topological polar surface area (TPSA) is 65.0 Å². The third-order valence-corrected chi connectivity index (χ3v) is 2.67. The van der Waals surface area contributed by atoms with Crippen LogP contribution < -0.4 is 9.47 Å². The number of allylic oxidation sites excluding steroid dienone is 1. The quantitative estimate of drug-likeness (QED) is 0.616. The summed E-state index contributed by atoms with van der Waals surface area (Å²) in [6, 6.07) is 5.25. The Kier molecular flexibility index (Phi) is 6.64. The highest BCUT2D eigenvalue weighted by atomic mass is 31.1. The molecule has 0 heterocycles. The molecule has 0 fully saturated rings. The Balaban J connectivity index is 2.76. The van der Waals surface area contributed by atoms with E-state index in [1.165, 1.54) is 5.57 Å². The summed E-state index contributed by atoms with van der Waals surface area (Å²) < 4.78 is 26.0. The fourth-order valence-electron chi connectivity index (χ4n) is 1.36. The second-order valence-electron chi connectivity index (χ2n) is 4.16. The molecule has 1 rings (SSSR count). The van der Waals surface area contributed by atoms with Gasteiger partial charge >= 0.3 is 8.25 Å². The first-order valence-electron chi connectivity index (χ1n) is 5.81. The van der Waals surface area contributed by atoms with Crippen LogP contribution in [0.25, 0.3) is 0 Å². The monoisotopic (exact) mass is 286 g/mol. The van der Waals surface area contributed by atoms with Crippen molar-refractivity contribution in [2.24, 2.45) is 0 Å². The summed E-state index contributed by atoms with van der Waals surface area (Å²) in [4.78, 5) is 8.67. The molecule has 0 saturated carbocycles. The molecular weight excluding hydrogens is 267 g/mol. The first kappa shape index (κ1) is 15.8. The first-order chi connectivity index (χ1) is 9.01. The number of hydrogen-bond acceptors (Lipinski definition) is 4. The Morgan fingerprint density at radius 1 is 1.32 bits per heavy atom. The Labute approximate surface area is 113 Å². The zero-order valence-electron chi connectivity index (χ0n) is 11.3. The number of benzene rings is 1. The van der Waals surface area contributed by atoms with Gasteiger partial charge < -0.3 is 18.9 Å². The van der Waals surface area contributed by atoms with Crippen LogP contribution in [-0.2, 0) is 15.7 Å². The number of methoxy groups -OCH3 is 1. The van der Waals surface area contributed by atoms with Crippen LogP contribution in [0.5, 0.6) is 11.5 Å². The summed E-state index contributed by atoms with van der Waals surface area (Å²) >= 11 is 0. The molecule has 5 nitrogen and oxygen atoms in total. The van der Waals surface area contributed by atoms with E-state index in [2.05, 4.69) is 0 Å². The van der Waals surface area contributed by atoms with Crippen LogP contribution in [0.2, 0.25) is 0 Å². The maximum Gasteiger partial charge on any atom is 0.316 e. The van der Waals surface area contributed by atoms with Gasteiger partial charge in [0.05, 0.1) is 13.7 Å². The lowest BCUT2D eigenvalue weighted by molar-refractivity contribution is 0.270. The predicted octanol–water partition coefficient (Wildman–Crippen LogP) is 2.94. The van der Waals surface area contributed by atoms with Crippen molar-refractivity contribution in [3.63, 3.8) is 0 Å². The molecule has 1 atom stereocenters. The minimum absolute atomic E-state index is 0.0461. The molecule has 6 heteroatoms. The van der Waals surface area contributed by atoms with E-state index in [4.69, 9.17) is 18.9 Å². The van der Waals surface area contributed by atoms with Crippen LogP contribution in [-0.4, -0.2) is 18.6 Å². The summed E-state index contributed by atoms with van der Waals surface area (Å²) in [6.07, 6.45) is 1.96. The van der Waals surface area contributed by atoms with Crippen LogP contribution in [0.3, 0.4) is 0 Å². The zero-order valence-corrected chi connectivity index (χ0v) is 12.3. The van der Waals surface area contributed by atoms with E-state index in [0.29, 0.717) is 18.1 Å². The van der Waals surface area contributed by atoms with Crippen molar-refractivity contribution < 1.29 is 23.5 Å². The van der Waals surface area contributed by atoms with Crippen molar-refractivity contribution in [1.29, 1.82) is 0 Å². The molecule has 0 aromatic heterocycles. The van der Waals surface area contributed by atoms with E-state index >= 15 is 0 Å². The minimum atomic E-state index is -2.93. The molecule has 1 N–H and O–H groups in total. The Bertz CT molecular complexity index is 466. The average molecular weight is 286 g/mol. The van der Waals surface area contributed by atoms with Gasteiger partial charge in [0.1, 0.15) is 18.1 Å². The standard InChI is InChI=1S/C13H19O5P/c1-10(2)4-5-17-13-7-11(9-18-19(14)15)6-12(8-13)16-3/h4,6-8,19H,5,9H2,1-3H3,(H,14,15). The van der Waals surface area contributed by atoms with Crippen LogP contribution >= 0.6 is 8.25 Å². The lowest BCUT2D eigenvalue weighted by Gasteiger charge is -2.09. The van der Waals surface area contributed by atoms with Crippen molar-refractivity contribution in [2.45, 2.75) is 20.5 Å². The van der Waals surface area contributed by atoms with Crippen molar-refractivity contribution in [3.05, 3.63) is 35.4 Å². The molecule has 0 aliphatic rings. The Morgan fingerprint density at radius 3 is 2.58 bits per heavy atom. The van der Waals surface area contributed by atoms with Gasteiger partial charge in [0.15, 0.2) is 0 Å². The summed E-state index contributed by atoms with van der Waals surface area (Å²) in [5.74, 6) is 1.25. The van der Waals surface area contributed by atoms with E-state index in [1.54, 1.807) is 25.3 Å². The van der Waals surface area contributed by atoms with Crippen molar-refractivity contribution in [3.8, 4) is 11.5 Å². The van der Waals surface area contributed by atoms with Gasteiger partial charge in [-0.3, -0.25) is 4.57 Å². The Hall–Kier alpha value is -1.29. The van der Waals surface area contributed by atoms with Gasteiger partial charge in [0.2, 0.25) is 0 Å². The average Bonchev–Trinajstić information content (AvgIpc) is 2.35. The fraction of sp³-hybridized carbons (Fsp3) is 0.385. The molecule has 19 heavy (non-hydrogen) atoms. The van der Waals surface area contributed by atoms with Gasteiger partial charge in [-0.15, -0.1) is 0 Å². The van der Waals surface area contributed by atoms with Gasteiger partial charge in [0.25, 0.3) is 0 Å². The lowest BCUT2D eigenvalue weighted by atomic mass is 10.2.